The minimum atomic E-state index is 0.0386. The van der Waals surface area contributed by atoms with Crippen LogP contribution in [0, 0.1) is 0 Å². The van der Waals surface area contributed by atoms with Gasteiger partial charge in [0.1, 0.15) is 0 Å². The van der Waals surface area contributed by atoms with Crippen molar-refractivity contribution in [2.45, 2.75) is 195 Å². The van der Waals surface area contributed by atoms with Crippen molar-refractivity contribution in [2.24, 2.45) is 0 Å². The summed E-state index contributed by atoms with van der Waals surface area (Å²) >= 11 is 0. The van der Waals surface area contributed by atoms with Gasteiger partial charge in [-0.25, -0.2) is 0 Å². The van der Waals surface area contributed by atoms with Gasteiger partial charge in [0, 0.05) is 59.4 Å². The SMILES string of the molecule is CCCCN(c1nc(N(CCCC)C2CC(C)(C)NC(C)(C)C2)nc(N(C(C)C)C(C)C)n1)C1CC(C)(C)NC(C)(C)C1. The Morgan fingerprint density at radius 3 is 1.16 bits per heavy atom. The molecule has 8 nitrogen and oxygen atoms in total. The minimum absolute atomic E-state index is 0.0386. The van der Waals surface area contributed by atoms with Crippen LogP contribution < -0.4 is 25.3 Å². The molecule has 3 rings (SSSR count). The lowest BCUT2D eigenvalue weighted by Crippen LogP contribution is -2.63. The zero-order valence-electron chi connectivity index (χ0n) is 30.6. The predicted molar refractivity (Wildman–Crippen MR) is 186 cm³/mol. The predicted octanol–water partition coefficient (Wildman–Crippen LogP) is 7.33. The summed E-state index contributed by atoms with van der Waals surface area (Å²) in [6.45, 7) is 34.2. The van der Waals surface area contributed by atoms with Gasteiger partial charge in [-0.3, -0.25) is 0 Å². The lowest BCUT2D eigenvalue weighted by molar-refractivity contribution is 0.157. The summed E-state index contributed by atoms with van der Waals surface area (Å²) in [7, 11) is 0. The molecule has 0 spiro atoms. The van der Waals surface area contributed by atoms with E-state index >= 15 is 0 Å². The van der Waals surface area contributed by atoms with Gasteiger partial charge in [-0.2, -0.15) is 15.0 Å². The third-order valence-electron chi connectivity index (χ3n) is 9.18. The Kier molecular flexibility index (Phi) is 11.5. The summed E-state index contributed by atoms with van der Waals surface area (Å²) in [5, 5.41) is 7.79. The van der Waals surface area contributed by atoms with Gasteiger partial charge in [0.25, 0.3) is 0 Å². The zero-order valence-corrected chi connectivity index (χ0v) is 30.6. The smallest absolute Gasteiger partial charge is 0.232 e. The fraction of sp³-hybridized carbons (Fsp3) is 0.914. The summed E-state index contributed by atoms with van der Waals surface area (Å²) in [4.78, 5) is 23.6. The second-order valence-corrected chi connectivity index (χ2v) is 16.8. The fourth-order valence-corrected chi connectivity index (χ4v) is 8.30. The molecule has 43 heavy (non-hydrogen) atoms. The highest BCUT2D eigenvalue weighted by Gasteiger charge is 2.43. The summed E-state index contributed by atoms with van der Waals surface area (Å²) in [5.41, 5.74) is 0.154. The molecule has 2 aliphatic heterocycles. The molecule has 2 N–H and O–H groups in total. The topological polar surface area (TPSA) is 72.5 Å². The van der Waals surface area contributed by atoms with E-state index in [2.05, 4.69) is 122 Å². The molecule has 0 radical (unpaired) electrons. The normalized spacial score (nSPS) is 21.8. The summed E-state index contributed by atoms with van der Waals surface area (Å²) in [5.74, 6) is 2.52. The molecule has 3 heterocycles. The van der Waals surface area contributed by atoms with Crippen molar-refractivity contribution in [3.63, 3.8) is 0 Å². The number of unbranched alkanes of at least 4 members (excludes halogenated alkanes) is 2. The average molecular weight is 601 g/mol. The number of piperidine rings is 2. The Bertz CT molecular complexity index is 922. The van der Waals surface area contributed by atoms with Gasteiger partial charge in [0.15, 0.2) is 0 Å². The number of rotatable bonds is 13. The fourth-order valence-electron chi connectivity index (χ4n) is 8.30. The van der Waals surface area contributed by atoms with Crippen LogP contribution in [-0.2, 0) is 0 Å². The molecule has 8 heteroatoms. The van der Waals surface area contributed by atoms with E-state index in [1.54, 1.807) is 0 Å². The van der Waals surface area contributed by atoms with E-state index < -0.39 is 0 Å². The van der Waals surface area contributed by atoms with E-state index in [9.17, 15) is 0 Å². The first-order chi connectivity index (χ1) is 19.8. The Morgan fingerprint density at radius 1 is 0.581 bits per heavy atom. The summed E-state index contributed by atoms with van der Waals surface area (Å²) in [6.07, 6.45) is 8.77. The molecule has 1 aromatic heterocycles. The van der Waals surface area contributed by atoms with Gasteiger partial charge < -0.3 is 25.3 Å². The number of aromatic nitrogens is 3. The van der Waals surface area contributed by atoms with Crippen LogP contribution in [0.25, 0.3) is 0 Å². The lowest BCUT2D eigenvalue weighted by atomic mass is 9.79. The van der Waals surface area contributed by atoms with Crippen molar-refractivity contribution in [2.75, 3.05) is 27.8 Å². The number of hydrogen-bond donors (Lipinski definition) is 2. The highest BCUT2D eigenvalue weighted by Crippen LogP contribution is 2.37. The van der Waals surface area contributed by atoms with Crippen molar-refractivity contribution in [3.8, 4) is 0 Å². The molecule has 0 atom stereocenters. The zero-order chi connectivity index (χ0) is 32.4. The third kappa shape index (κ3) is 9.66. The van der Waals surface area contributed by atoms with Crippen molar-refractivity contribution >= 4 is 17.8 Å². The lowest BCUT2D eigenvalue weighted by Gasteiger charge is -2.50. The largest absolute Gasteiger partial charge is 0.338 e. The monoisotopic (exact) mass is 601 g/mol. The van der Waals surface area contributed by atoms with E-state index in [4.69, 9.17) is 15.0 Å². The maximum absolute atomic E-state index is 5.44. The molecule has 2 saturated heterocycles. The van der Waals surface area contributed by atoms with Gasteiger partial charge in [0.05, 0.1) is 0 Å². The van der Waals surface area contributed by atoms with Crippen LogP contribution in [0.15, 0.2) is 0 Å². The van der Waals surface area contributed by atoms with Gasteiger partial charge in [-0.1, -0.05) is 26.7 Å². The van der Waals surface area contributed by atoms with Crippen molar-refractivity contribution < 1.29 is 0 Å². The van der Waals surface area contributed by atoms with Gasteiger partial charge in [0.2, 0.25) is 17.8 Å². The molecule has 0 bridgehead atoms. The summed E-state index contributed by atoms with van der Waals surface area (Å²) in [6, 6.07) is 1.27. The standard InChI is InChI=1S/C35H68N8/c1-15-17-19-41(27-21-32(7,8)39-33(9,10)22-27)29-36-30(38-31(37-29)43(25(3)4)26(5)6)42(20-18-16-2)28-23-34(11,12)40-35(13,14)24-28/h25-28,39-40H,15-24H2,1-14H3. The first-order valence-electron chi connectivity index (χ1n) is 17.4. The van der Waals surface area contributed by atoms with Gasteiger partial charge >= 0.3 is 0 Å². The van der Waals surface area contributed by atoms with Gasteiger partial charge in [-0.05, 0) is 122 Å². The van der Waals surface area contributed by atoms with E-state index in [0.717, 1.165) is 82.3 Å². The first-order valence-corrected chi connectivity index (χ1v) is 17.4. The van der Waals surface area contributed by atoms with E-state index in [0.29, 0.717) is 12.1 Å². The molecule has 0 aliphatic carbocycles. The average Bonchev–Trinajstić information content (AvgIpc) is 2.80. The Hall–Kier alpha value is -1.67. The quantitative estimate of drug-likeness (QED) is 0.244. The van der Waals surface area contributed by atoms with Gasteiger partial charge in [-0.15, -0.1) is 0 Å². The van der Waals surface area contributed by atoms with Crippen LogP contribution in [0.3, 0.4) is 0 Å². The second-order valence-electron chi connectivity index (χ2n) is 16.8. The Morgan fingerprint density at radius 2 is 0.884 bits per heavy atom. The molecular formula is C35H68N8. The van der Waals surface area contributed by atoms with Crippen LogP contribution in [0.5, 0.6) is 0 Å². The van der Waals surface area contributed by atoms with Crippen LogP contribution in [-0.4, -0.2) is 74.4 Å². The van der Waals surface area contributed by atoms with E-state index in [1.165, 1.54) is 0 Å². The first kappa shape index (κ1) is 35.8. The highest BCUT2D eigenvalue weighted by atomic mass is 15.4. The Balaban J connectivity index is 2.22. The number of anilines is 3. The molecule has 1 aromatic rings. The molecule has 248 valence electrons. The minimum Gasteiger partial charge on any atom is -0.338 e. The maximum atomic E-state index is 5.44. The molecule has 0 unspecified atom stereocenters. The molecule has 0 saturated carbocycles. The molecule has 2 fully saturated rings. The van der Waals surface area contributed by atoms with E-state index in [-0.39, 0.29) is 34.2 Å². The third-order valence-corrected chi connectivity index (χ3v) is 9.18. The van der Waals surface area contributed by atoms with Crippen molar-refractivity contribution in [1.29, 1.82) is 0 Å². The number of nitrogens with one attached hydrogen (secondary N) is 2. The second kappa shape index (κ2) is 13.8. The molecule has 0 aromatic carbocycles. The van der Waals surface area contributed by atoms with Crippen LogP contribution in [0.2, 0.25) is 0 Å². The van der Waals surface area contributed by atoms with Crippen LogP contribution in [0.4, 0.5) is 17.8 Å². The molecule has 0 amide bonds. The highest BCUT2D eigenvalue weighted by molar-refractivity contribution is 5.49. The number of nitrogens with zero attached hydrogens (tertiary/aromatic N) is 6. The summed E-state index contributed by atoms with van der Waals surface area (Å²) < 4.78 is 0. The van der Waals surface area contributed by atoms with Crippen molar-refractivity contribution in [3.05, 3.63) is 0 Å². The van der Waals surface area contributed by atoms with Crippen LogP contribution >= 0.6 is 0 Å². The Labute approximate surface area is 265 Å². The molecule has 2 aliphatic rings. The number of hydrogen-bond acceptors (Lipinski definition) is 8. The van der Waals surface area contributed by atoms with Crippen LogP contribution in [0.1, 0.15) is 148 Å². The maximum Gasteiger partial charge on any atom is 0.232 e. The van der Waals surface area contributed by atoms with Crippen molar-refractivity contribution in [1.82, 2.24) is 25.6 Å². The van der Waals surface area contributed by atoms with E-state index in [1.807, 2.05) is 0 Å². The molecular weight excluding hydrogens is 532 g/mol.